The Hall–Kier alpha value is -4.53. The van der Waals surface area contributed by atoms with Crippen LogP contribution >= 0.6 is 11.6 Å². The minimum absolute atomic E-state index is 0.0423. The van der Waals surface area contributed by atoms with Crippen molar-refractivity contribution in [3.05, 3.63) is 95.0 Å². The molecule has 7 rings (SSSR count). The molecule has 5 aromatic rings. The number of benzene rings is 4. The van der Waals surface area contributed by atoms with Gasteiger partial charge in [-0.05, 0) is 54.6 Å². The molecular weight excluding hydrogens is 552 g/mol. The molecule has 0 unspecified atom stereocenters. The van der Waals surface area contributed by atoms with Crippen molar-refractivity contribution in [2.75, 3.05) is 56.7 Å². The van der Waals surface area contributed by atoms with Crippen molar-refractivity contribution in [3.8, 4) is 22.8 Å². The van der Waals surface area contributed by atoms with E-state index in [0.29, 0.717) is 34.0 Å². The normalized spacial score (nSPS) is 14.6. The lowest BCUT2D eigenvalue weighted by molar-refractivity contribution is 0.104. The molecule has 1 N–H and O–H groups in total. The van der Waals surface area contributed by atoms with Gasteiger partial charge in [0, 0.05) is 54.6 Å². The molecule has 0 bridgehead atoms. The van der Waals surface area contributed by atoms with Crippen LogP contribution < -0.4 is 19.7 Å². The summed E-state index contributed by atoms with van der Waals surface area (Å²) in [6, 6.07) is 24.7. The van der Waals surface area contributed by atoms with Crippen molar-refractivity contribution in [2.45, 2.75) is 0 Å². The minimum Gasteiger partial charge on any atom is -0.497 e. The fraction of sp³-hybridized carbons (Fsp3) is 0.212. The van der Waals surface area contributed by atoms with E-state index in [1.165, 1.54) is 0 Å². The Morgan fingerprint density at radius 1 is 0.929 bits per heavy atom. The van der Waals surface area contributed by atoms with Crippen LogP contribution in [0.3, 0.4) is 0 Å². The maximum Gasteiger partial charge on any atom is 0.196 e. The summed E-state index contributed by atoms with van der Waals surface area (Å²) < 4.78 is 17.2. The number of methoxy groups -OCH3 is 1. The van der Waals surface area contributed by atoms with Crippen LogP contribution in [0.5, 0.6) is 11.5 Å². The van der Waals surface area contributed by atoms with Gasteiger partial charge in [0.05, 0.1) is 29.4 Å². The summed E-state index contributed by atoms with van der Waals surface area (Å²) in [6.45, 7) is 4.80. The molecule has 212 valence electrons. The number of ketones is 1. The fourth-order valence-corrected chi connectivity index (χ4v) is 5.87. The van der Waals surface area contributed by atoms with E-state index in [1.54, 1.807) is 7.11 Å². The lowest BCUT2D eigenvalue weighted by Crippen LogP contribution is -2.47. The Balaban J connectivity index is 1.17. The summed E-state index contributed by atoms with van der Waals surface area (Å²) in [4.78, 5) is 18.6. The molecule has 1 saturated heterocycles. The summed E-state index contributed by atoms with van der Waals surface area (Å²) in [5, 5.41) is 9.48. The molecule has 1 aromatic heterocycles. The minimum atomic E-state index is -0.0423. The summed E-state index contributed by atoms with van der Waals surface area (Å²) in [6.07, 6.45) is 0. The van der Waals surface area contributed by atoms with Gasteiger partial charge in [-0.1, -0.05) is 41.0 Å². The van der Waals surface area contributed by atoms with Gasteiger partial charge < -0.3 is 24.2 Å². The van der Waals surface area contributed by atoms with Crippen LogP contribution in [-0.4, -0.2) is 62.3 Å². The maximum absolute atomic E-state index is 13.9. The third kappa shape index (κ3) is 4.82. The number of halogens is 1. The van der Waals surface area contributed by atoms with E-state index in [2.05, 4.69) is 20.3 Å². The molecule has 9 heteroatoms. The SMILES string of the molecule is COc1ccc(Nc2cc(N3CCN(CCOc4ccc(Cl)cc4)CC3)c3noc4c3c2C(=O)c2ccccc2-4)cc1. The van der Waals surface area contributed by atoms with Crippen LogP contribution in [-0.2, 0) is 0 Å². The zero-order valence-corrected chi connectivity index (χ0v) is 23.9. The molecule has 2 heterocycles. The van der Waals surface area contributed by atoms with Crippen LogP contribution in [0.1, 0.15) is 15.9 Å². The number of piperazine rings is 1. The van der Waals surface area contributed by atoms with E-state index in [4.69, 9.17) is 25.6 Å². The van der Waals surface area contributed by atoms with Gasteiger partial charge in [0.25, 0.3) is 0 Å². The van der Waals surface area contributed by atoms with Gasteiger partial charge in [0.2, 0.25) is 0 Å². The molecule has 1 fully saturated rings. The second-order valence-electron chi connectivity index (χ2n) is 10.4. The highest BCUT2D eigenvalue weighted by atomic mass is 35.5. The number of nitrogens with zero attached hydrogens (tertiary/aromatic N) is 3. The molecular formula is C33H29ClN4O4. The number of hydrogen-bond acceptors (Lipinski definition) is 8. The van der Waals surface area contributed by atoms with Crippen LogP contribution in [0.25, 0.3) is 22.2 Å². The highest BCUT2D eigenvalue weighted by Gasteiger charge is 2.34. The fourth-order valence-electron chi connectivity index (χ4n) is 5.75. The first-order valence-corrected chi connectivity index (χ1v) is 14.3. The Morgan fingerprint density at radius 2 is 1.64 bits per heavy atom. The molecule has 4 aromatic carbocycles. The van der Waals surface area contributed by atoms with Gasteiger partial charge >= 0.3 is 0 Å². The third-order valence-corrected chi connectivity index (χ3v) is 8.20. The van der Waals surface area contributed by atoms with Crippen LogP contribution in [0.2, 0.25) is 5.02 Å². The van der Waals surface area contributed by atoms with Gasteiger partial charge in [0.15, 0.2) is 11.5 Å². The number of nitrogens with one attached hydrogen (secondary N) is 1. The Kier molecular flexibility index (Phi) is 6.93. The third-order valence-electron chi connectivity index (χ3n) is 7.95. The first kappa shape index (κ1) is 26.4. The molecule has 0 atom stereocenters. The van der Waals surface area contributed by atoms with Crippen molar-refractivity contribution < 1.29 is 18.8 Å². The molecule has 1 aliphatic heterocycles. The highest BCUT2D eigenvalue weighted by Crippen LogP contribution is 2.46. The number of aromatic nitrogens is 1. The predicted molar refractivity (Wildman–Crippen MR) is 165 cm³/mol. The van der Waals surface area contributed by atoms with E-state index in [-0.39, 0.29) is 5.78 Å². The van der Waals surface area contributed by atoms with Gasteiger partial charge in [-0.2, -0.15) is 0 Å². The maximum atomic E-state index is 13.9. The lowest BCUT2D eigenvalue weighted by Gasteiger charge is -2.36. The average molecular weight is 581 g/mol. The van der Waals surface area contributed by atoms with E-state index in [1.807, 2.05) is 78.9 Å². The van der Waals surface area contributed by atoms with Crippen molar-refractivity contribution in [1.82, 2.24) is 10.1 Å². The van der Waals surface area contributed by atoms with Crippen LogP contribution in [0.15, 0.2) is 83.4 Å². The zero-order chi connectivity index (χ0) is 28.6. The summed E-state index contributed by atoms with van der Waals surface area (Å²) >= 11 is 5.98. The lowest BCUT2D eigenvalue weighted by atomic mass is 9.86. The number of carbonyl (C=O) groups is 1. The Morgan fingerprint density at radius 3 is 2.38 bits per heavy atom. The van der Waals surface area contributed by atoms with Crippen LogP contribution in [0, 0.1) is 0 Å². The smallest absolute Gasteiger partial charge is 0.196 e. The number of fused-ring (bicyclic) bond motifs is 2. The zero-order valence-electron chi connectivity index (χ0n) is 23.1. The second-order valence-corrected chi connectivity index (χ2v) is 10.8. The number of rotatable bonds is 8. The number of ether oxygens (including phenoxy) is 2. The molecule has 0 saturated carbocycles. The van der Waals surface area contributed by atoms with E-state index < -0.39 is 0 Å². The topological polar surface area (TPSA) is 80.1 Å². The largest absolute Gasteiger partial charge is 0.497 e. The Labute approximate surface area is 248 Å². The molecule has 0 radical (unpaired) electrons. The molecule has 1 aliphatic carbocycles. The van der Waals surface area contributed by atoms with E-state index in [9.17, 15) is 4.79 Å². The molecule has 8 nitrogen and oxygen atoms in total. The van der Waals surface area contributed by atoms with Gasteiger partial charge in [0.1, 0.15) is 23.6 Å². The molecule has 2 aliphatic rings. The van der Waals surface area contributed by atoms with Gasteiger partial charge in [-0.3, -0.25) is 9.69 Å². The van der Waals surface area contributed by atoms with Crippen LogP contribution in [0.4, 0.5) is 17.1 Å². The molecule has 0 spiro atoms. The molecule has 42 heavy (non-hydrogen) atoms. The predicted octanol–water partition coefficient (Wildman–Crippen LogP) is 6.65. The second kappa shape index (κ2) is 11.0. The Bertz CT molecular complexity index is 1760. The van der Waals surface area contributed by atoms with Gasteiger partial charge in [-0.15, -0.1) is 0 Å². The molecule has 0 amide bonds. The average Bonchev–Trinajstić information content (AvgIpc) is 3.47. The monoisotopic (exact) mass is 580 g/mol. The summed E-state index contributed by atoms with van der Waals surface area (Å²) in [5.74, 6) is 2.17. The number of hydrogen-bond donors (Lipinski definition) is 1. The van der Waals surface area contributed by atoms with E-state index in [0.717, 1.165) is 72.2 Å². The standard InChI is InChI=1S/C33H29ClN4O4/c1-40-23-12-8-22(9-13-23)35-27-20-28(31-30-29(27)32(39)25-4-2-3-5-26(25)33(30)42-36-31)38-16-14-37(15-17-38)18-19-41-24-10-6-21(34)7-11-24/h2-13,20,35H,14-19H2,1H3. The summed E-state index contributed by atoms with van der Waals surface area (Å²) in [7, 11) is 1.64. The van der Waals surface area contributed by atoms with Crippen molar-refractivity contribution >= 4 is 45.3 Å². The van der Waals surface area contributed by atoms with E-state index >= 15 is 0 Å². The van der Waals surface area contributed by atoms with Crippen molar-refractivity contribution in [1.29, 1.82) is 0 Å². The van der Waals surface area contributed by atoms with Crippen molar-refractivity contribution in [3.63, 3.8) is 0 Å². The highest BCUT2D eigenvalue weighted by molar-refractivity contribution is 6.30. The number of carbonyl (C=O) groups excluding carboxylic acids is 1. The number of anilines is 3. The first-order chi connectivity index (χ1) is 20.6. The van der Waals surface area contributed by atoms with Gasteiger partial charge in [-0.25, -0.2) is 0 Å². The quantitative estimate of drug-likeness (QED) is 0.214. The van der Waals surface area contributed by atoms with Crippen molar-refractivity contribution in [2.24, 2.45) is 0 Å². The first-order valence-electron chi connectivity index (χ1n) is 14.0. The summed E-state index contributed by atoms with van der Waals surface area (Å²) in [5.41, 5.74) is 5.21.